The Morgan fingerprint density at radius 3 is 2.33 bits per heavy atom. The van der Waals surface area contributed by atoms with Crippen LogP contribution in [0.3, 0.4) is 0 Å². The molecule has 0 aliphatic heterocycles. The predicted octanol–water partition coefficient (Wildman–Crippen LogP) is 1.65. The minimum Gasteiger partial charge on any atom is -0.245 e. The van der Waals surface area contributed by atoms with Crippen LogP contribution in [0.5, 0.6) is 0 Å². The third-order valence-corrected chi connectivity index (χ3v) is 0.750. The Balaban J connectivity index is 3.46. The molecule has 48 valence electrons. The zero-order valence-electron chi connectivity index (χ0n) is 4.74. The molecular formula is C5H6IN3. The maximum Gasteiger partial charge on any atom is 0.117 e. The molecule has 9 heavy (non-hydrogen) atoms. The van der Waals surface area contributed by atoms with Gasteiger partial charge in [0.2, 0.25) is 0 Å². The first-order valence-corrected chi connectivity index (χ1v) is 3.42. The van der Waals surface area contributed by atoms with Crippen molar-refractivity contribution in [3.8, 4) is 0 Å². The van der Waals surface area contributed by atoms with Gasteiger partial charge in [0, 0.05) is 6.20 Å². The highest BCUT2D eigenvalue weighted by atomic mass is 127. The van der Waals surface area contributed by atoms with Crippen molar-refractivity contribution < 1.29 is 0 Å². The minimum atomic E-state index is 1.37. The van der Waals surface area contributed by atoms with E-state index in [2.05, 4.69) is 21.6 Å². The Labute approximate surface area is 67.5 Å². The highest BCUT2D eigenvalue weighted by molar-refractivity contribution is 14.1. The summed E-state index contributed by atoms with van der Waals surface area (Å²) < 4.78 is 1.61. The summed E-state index contributed by atoms with van der Waals surface area (Å²) in [6.07, 6.45) is 4.18. The first-order chi connectivity index (χ1) is 4.41. The summed E-state index contributed by atoms with van der Waals surface area (Å²) >= 11 is 2.00. The van der Waals surface area contributed by atoms with Crippen LogP contribution >= 0.6 is 22.6 Å². The van der Waals surface area contributed by atoms with Crippen molar-refractivity contribution in [1.82, 2.24) is 0 Å². The number of hydrogen-bond donors (Lipinski definition) is 0. The molecule has 0 aliphatic rings. The molecule has 0 unspecified atom stereocenters. The van der Waals surface area contributed by atoms with Gasteiger partial charge in [-0.1, -0.05) is 6.58 Å². The summed E-state index contributed by atoms with van der Waals surface area (Å²) in [5, 5.41) is 0. The molecule has 0 saturated heterocycles. The maximum atomic E-state index is 3.69. The molecule has 0 fully saturated rings. The van der Waals surface area contributed by atoms with Gasteiger partial charge in [-0.15, -0.1) is 0 Å². The normalized spacial score (nSPS) is 12.1. The molecule has 0 rings (SSSR count). The predicted molar refractivity (Wildman–Crippen MR) is 49.7 cm³/mol. The third kappa shape index (κ3) is 7.48. The smallest absolute Gasteiger partial charge is 0.117 e. The molecule has 0 radical (unpaired) electrons. The summed E-state index contributed by atoms with van der Waals surface area (Å²) in [6, 6.07) is 0. The summed E-state index contributed by atoms with van der Waals surface area (Å²) in [4.78, 5) is 11.0. The summed E-state index contributed by atoms with van der Waals surface area (Å²) in [5.41, 5.74) is 0. The molecule has 0 N–H and O–H groups in total. The van der Waals surface area contributed by atoms with Gasteiger partial charge in [-0.3, -0.25) is 0 Å². The first-order valence-electron chi connectivity index (χ1n) is 2.18. The maximum absolute atomic E-state index is 3.69. The second kappa shape index (κ2) is 7.48. The molecular weight excluding hydrogens is 229 g/mol. The summed E-state index contributed by atoms with van der Waals surface area (Å²) in [7, 11) is 0. The van der Waals surface area contributed by atoms with Crippen LogP contribution in [0.1, 0.15) is 0 Å². The van der Waals surface area contributed by atoms with E-state index in [-0.39, 0.29) is 0 Å². The average Bonchev–Trinajstić information content (AvgIpc) is 1.89. The van der Waals surface area contributed by atoms with Crippen LogP contribution in [0.25, 0.3) is 0 Å². The van der Waals surface area contributed by atoms with Crippen molar-refractivity contribution in [1.29, 1.82) is 0 Å². The van der Waals surface area contributed by atoms with E-state index in [1.54, 1.807) is 4.22 Å². The van der Waals surface area contributed by atoms with Crippen molar-refractivity contribution in [2.24, 2.45) is 15.0 Å². The molecule has 4 heteroatoms. The highest BCUT2D eigenvalue weighted by Crippen LogP contribution is 1.69. The van der Waals surface area contributed by atoms with E-state index < -0.39 is 0 Å². The fourth-order valence-corrected chi connectivity index (χ4v) is 0.323. The van der Waals surface area contributed by atoms with Gasteiger partial charge in [0.05, 0.1) is 4.22 Å². The van der Waals surface area contributed by atoms with Crippen molar-refractivity contribution in [3.05, 3.63) is 12.8 Å². The number of rotatable bonds is 3. The molecule has 0 spiro atoms. The van der Waals surface area contributed by atoms with Crippen LogP contribution in [0, 0.1) is 0 Å². The standard InChI is InChI=1S/C5H6IN3/c1-2-7-4-9-5-8-3-6/h2-5H,1H2. The van der Waals surface area contributed by atoms with E-state index in [0.29, 0.717) is 0 Å². The largest absolute Gasteiger partial charge is 0.245 e. The second-order valence-electron chi connectivity index (χ2n) is 0.958. The zero-order valence-corrected chi connectivity index (χ0v) is 6.89. The van der Waals surface area contributed by atoms with E-state index >= 15 is 0 Å². The number of nitrogens with zero attached hydrogens (tertiary/aromatic N) is 3. The van der Waals surface area contributed by atoms with Gasteiger partial charge in [-0.25, -0.2) is 15.0 Å². The first kappa shape index (κ1) is 8.48. The highest BCUT2D eigenvalue weighted by Gasteiger charge is 1.58. The van der Waals surface area contributed by atoms with Crippen LogP contribution in [0.15, 0.2) is 27.8 Å². The third-order valence-electron chi connectivity index (χ3n) is 0.428. The monoisotopic (exact) mass is 235 g/mol. The van der Waals surface area contributed by atoms with Crippen molar-refractivity contribution in [3.63, 3.8) is 0 Å². The SMILES string of the molecule is C=CN=CN=CN=CI. The van der Waals surface area contributed by atoms with E-state index in [4.69, 9.17) is 0 Å². The Kier molecular flexibility index (Phi) is 7.05. The number of hydrogen-bond acceptors (Lipinski definition) is 1. The van der Waals surface area contributed by atoms with Crippen LogP contribution in [-0.4, -0.2) is 16.9 Å². The Morgan fingerprint density at radius 2 is 1.78 bits per heavy atom. The van der Waals surface area contributed by atoms with E-state index in [0.717, 1.165) is 0 Å². The van der Waals surface area contributed by atoms with Gasteiger partial charge in [0.1, 0.15) is 12.7 Å². The summed E-state index contributed by atoms with van der Waals surface area (Å²) in [6.45, 7) is 3.37. The van der Waals surface area contributed by atoms with E-state index in [1.807, 2.05) is 22.6 Å². The zero-order chi connectivity index (χ0) is 6.95. The van der Waals surface area contributed by atoms with Crippen molar-refractivity contribution in [2.75, 3.05) is 0 Å². The molecule has 3 nitrogen and oxygen atoms in total. The van der Waals surface area contributed by atoms with E-state index in [1.165, 1.54) is 18.9 Å². The molecule has 0 aromatic carbocycles. The van der Waals surface area contributed by atoms with E-state index in [9.17, 15) is 0 Å². The Morgan fingerprint density at radius 1 is 1.11 bits per heavy atom. The average molecular weight is 235 g/mol. The Bertz CT molecular complexity index is 148. The quantitative estimate of drug-likeness (QED) is 0.405. The molecule has 0 saturated carbocycles. The lowest BCUT2D eigenvalue weighted by Crippen LogP contribution is -1.66. The molecule has 0 atom stereocenters. The molecule has 0 bridgehead atoms. The van der Waals surface area contributed by atoms with Gasteiger partial charge in [0.15, 0.2) is 0 Å². The molecule has 0 aliphatic carbocycles. The Hall–Kier alpha value is -0.520. The van der Waals surface area contributed by atoms with Gasteiger partial charge in [-0.05, 0) is 22.6 Å². The van der Waals surface area contributed by atoms with Gasteiger partial charge in [-0.2, -0.15) is 0 Å². The van der Waals surface area contributed by atoms with Crippen LogP contribution < -0.4 is 0 Å². The van der Waals surface area contributed by atoms with Gasteiger partial charge < -0.3 is 0 Å². The molecule has 0 aromatic rings. The van der Waals surface area contributed by atoms with Gasteiger partial charge in [0.25, 0.3) is 0 Å². The molecule has 0 amide bonds. The lowest BCUT2D eigenvalue weighted by Gasteiger charge is -1.70. The molecule has 0 aromatic heterocycles. The van der Waals surface area contributed by atoms with Crippen molar-refractivity contribution in [2.45, 2.75) is 0 Å². The van der Waals surface area contributed by atoms with Gasteiger partial charge >= 0.3 is 0 Å². The fourth-order valence-electron chi connectivity index (χ4n) is 0.179. The lowest BCUT2D eigenvalue weighted by atomic mass is 11.0. The fraction of sp³-hybridized carbons (Fsp3) is 0. The van der Waals surface area contributed by atoms with Crippen LogP contribution in [0.4, 0.5) is 0 Å². The van der Waals surface area contributed by atoms with Crippen LogP contribution in [-0.2, 0) is 0 Å². The molecule has 0 heterocycles. The lowest BCUT2D eigenvalue weighted by molar-refractivity contribution is 1.56. The minimum absolute atomic E-state index is 1.37. The second-order valence-corrected chi connectivity index (χ2v) is 1.52. The number of halogens is 1. The topological polar surface area (TPSA) is 37.1 Å². The van der Waals surface area contributed by atoms with Crippen LogP contribution in [0.2, 0.25) is 0 Å². The summed E-state index contributed by atoms with van der Waals surface area (Å²) in [5.74, 6) is 0. The number of aliphatic imine (C=N–C) groups is 3. The van der Waals surface area contributed by atoms with Crippen molar-refractivity contribution >= 4 is 39.5 Å².